The Hall–Kier alpha value is -2.69. The molecule has 1 amide bonds. The van der Waals surface area contributed by atoms with E-state index in [2.05, 4.69) is 5.32 Å². The van der Waals surface area contributed by atoms with Gasteiger partial charge in [0.1, 0.15) is 0 Å². The van der Waals surface area contributed by atoms with Crippen LogP contribution in [0.25, 0.3) is 10.8 Å². The standard InChI is InChI=1S/C21H16ClNO3/c1-12-17(22)9-8-16-19(12)23-20(25)21(16,26)11-18(24)15-7-6-13-4-2-3-5-14(13)10-15/h2-10,26H,11H2,1H3,(H,23,25)/t21-/m0/s1. The molecule has 3 aromatic rings. The molecule has 1 aliphatic rings. The van der Waals surface area contributed by atoms with Gasteiger partial charge in [0.05, 0.1) is 12.1 Å². The quantitative estimate of drug-likeness (QED) is 0.683. The zero-order chi connectivity index (χ0) is 18.5. The number of halogens is 1. The molecular formula is C21H16ClNO3. The maximum Gasteiger partial charge on any atom is 0.261 e. The minimum Gasteiger partial charge on any atom is -0.375 e. The van der Waals surface area contributed by atoms with Crippen molar-refractivity contribution in [1.29, 1.82) is 0 Å². The van der Waals surface area contributed by atoms with Crippen molar-refractivity contribution in [3.05, 3.63) is 76.3 Å². The van der Waals surface area contributed by atoms with E-state index in [0.29, 0.717) is 27.4 Å². The van der Waals surface area contributed by atoms with Crippen molar-refractivity contribution >= 4 is 39.8 Å². The molecular weight excluding hydrogens is 350 g/mol. The third kappa shape index (κ3) is 2.50. The summed E-state index contributed by atoms with van der Waals surface area (Å²) in [6.07, 6.45) is -0.328. The average molecular weight is 366 g/mol. The molecule has 5 heteroatoms. The van der Waals surface area contributed by atoms with Gasteiger partial charge in [-0.05, 0) is 35.4 Å². The zero-order valence-electron chi connectivity index (χ0n) is 14.0. The Morgan fingerprint density at radius 2 is 1.85 bits per heavy atom. The number of nitrogens with one attached hydrogen (secondary N) is 1. The van der Waals surface area contributed by atoms with Crippen molar-refractivity contribution in [2.75, 3.05) is 5.32 Å². The van der Waals surface area contributed by atoms with Gasteiger partial charge in [-0.15, -0.1) is 0 Å². The number of carbonyl (C=O) groups excluding carboxylic acids is 2. The Bertz CT molecular complexity index is 1080. The lowest BCUT2D eigenvalue weighted by Gasteiger charge is -2.20. The van der Waals surface area contributed by atoms with E-state index < -0.39 is 11.5 Å². The molecule has 0 fully saturated rings. The molecule has 0 unspecified atom stereocenters. The number of Topliss-reactive ketones (excluding diaryl/α,β-unsaturated/α-hetero) is 1. The molecule has 0 spiro atoms. The fraction of sp³-hybridized carbons (Fsp3) is 0.143. The first kappa shape index (κ1) is 16.8. The van der Waals surface area contributed by atoms with Crippen LogP contribution in [0.5, 0.6) is 0 Å². The van der Waals surface area contributed by atoms with Gasteiger partial charge in [-0.1, -0.05) is 54.1 Å². The number of ketones is 1. The van der Waals surface area contributed by atoms with Gasteiger partial charge < -0.3 is 10.4 Å². The molecule has 4 nitrogen and oxygen atoms in total. The molecule has 0 bridgehead atoms. The summed E-state index contributed by atoms with van der Waals surface area (Å²) < 4.78 is 0. The number of anilines is 1. The van der Waals surface area contributed by atoms with E-state index >= 15 is 0 Å². The van der Waals surface area contributed by atoms with Crippen LogP contribution in [-0.4, -0.2) is 16.8 Å². The second kappa shape index (κ2) is 5.94. The Morgan fingerprint density at radius 1 is 1.12 bits per heavy atom. The van der Waals surface area contributed by atoms with Crippen LogP contribution in [0.3, 0.4) is 0 Å². The molecule has 130 valence electrons. The van der Waals surface area contributed by atoms with Gasteiger partial charge in [-0.3, -0.25) is 9.59 Å². The maximum atomic E-state index is 12.8. The van der Waals surface area contributed by atoms with Crippen LogP contribution in [0.15, 0.2) is 54.6 Å². The summed E-state index contributed by atoms with van der Waals surface area (Å²) in [6, 6.07) is 16.3. The second-order valence-corrected chi connectivity index (χ2v) is 6.98. The number of hydrogen-bond acceptors (Lipinski definition) is 3. The maximum absolute atomic E-state index is 12.8. The number of benzene rings is 3. The van der Waals surface area contributed by atoms with Gasteiger partial charge in [0, 0.05) is 16.1 Å². The van der Waals surface area contributed by atoms with Crippen LogP contribution < -0.4 is 5.32 Å². The van der Waals surface area contributed by atoms with E-state index in [1.807, 2.05) is 30.3 Å². The van der Waals surface area contributed by atoms with Gasteiger partial charge in [-0.2, -0.15) is 0 Å². The van der Waals surface area contributed by atoms with E-state index in [1.165, 1.54) is 0 Å². The number of rotatable bonds is 3. The van der Waals surface area contributed by atoms with E-state index in [4.69, 9.17) is 11.6 Å². The first-order chi connectivity index (χ1) is 12.4. The molecule has 3 aromatic carbocycles. The van der Waals surface area contributed by atoms with Crippen molar-refractivity contribution in [1.82, 2.24) is 0 Å². The van der Waals surface area contributed by atoms with Crippen molar-refractivity contribution in [3.63, 3.8) is 0 Å². The second-order valence-electron chi connectivity index (χ2n) is 6.57. The van der Waals surface area contributed by atoms with Gasteiger partial charge in [-0.25, -0.2) is 0 Å². The van der Waals surface area contributed by atoms with E-state index in [9.17, 15) is 14.7 Å². The fourth-order valence-electron chi connectivity index (χ4n) is 3.40. The Morgan fingerprint density at radius 3 is 2.62 bits per heavy atom. The topological polar surface area (TPSA) is 66.4 Å². The SMILES string of the molecule is Cc1c(Cl)ccc2c1NC(=O)[C@]2(O)CC(=O)c1ccc2ccccc2c1. The highest BCUT2D eigenvalue weighted by molar-refractivity contribution is 6.32. The Balaban J connectivity index is 1.71. The van der Waals surface area contributed by atoms with Gasteiger partial charge in [0.15, 0.2) is 11.4 Å². The lowest BCUT2D eigenvalue weighted by Crippen LogP contribution is -2.36. The third-order valence-electron chi connectivity index (χ3n) is 4.95. The normalized spacial score (nSPS) is 18.7. The summed E-state index contributed by atoms with van der Waals surface area (Å²) in [5, 5.41) is 16.1. The largest absolute Gasteiger partial charge is 0.375 e. The van der Waals surface area contributed by atoms with Crippen LogP contribution in [-0.2, 0) is 10.4 Å². The van der Waals surface area contributed by atoms with Crippen LogP contribution in [0.4, 0.5) is 5.69 Å². The smallest absolute Gasteiger partial charge is 0.261 e. The van der Waals surface area contributed by atoms with Crippen LogP contribution in [0, 0.1) is 6.92 Å². The average Bonchev–Trinajstić information content (AvgIpc) is 2.89. The van der Waals surface area contributed by atoms with Crippen LogP contribution in [0.1, 0.15) is 27.9 Å². The summed E-state index contributed by atoms with van der Waals surface area (Å²) in [4.78, 5) is 25.2. The molecule has 1 atom stereocenters. The molecule has 0 saturated carbocycles. The molecule has 26 heavy (non-hydrogen) atoms. The molecule has 0 saturated heterocycles. The van der Waals surface area contributed by atoms with Gasteiger partial charge in [0.25, 0.3) is 5.91 Å². The van der Waals surface area contributed by atoms with E-state index in [1.54, 1.807) is 31.2 Å². The molecule has 0 radical (unpaired) electrons. The summed E-state index contributed by atoms with van der Waals surface area (Å²) >= 11 is 6.09. The molecule has 1 aliphatic heterocycles. The number of amides is 1. The zero-order valence-corrected chi connectivity index (χ0v) is 14.8. The van der Waals surface area contributed by atoms with E-state index in [-0.39, 0.29) is 12.2 Å². The highest BCUT2D eigenvalue weighted by atomic mass is 35.5. The molecule has 2 N–H and O–H groups in total. The van der Waals surface area contributed by atoms with Crippen LogP contribution >= 0.6 is 11.6 Å². The fourth-order valence-corrected chi connectivity index (χ4v) is 3.56. The molecule has 4 rings (SSSR count). The first-order valence-electron chi connectivity index (χ1n) is 8.25. The van der Waals surface area contributed by atoms with Crippen molar-refractivity contribution in [2.24, 2.45) is 0 Å². The lowest BCUT2D eigenvalue weighted by atomic mass is 9.87. The third-order valence-corrected chi connectivity index (χ3v) is 5.36. The van der Waals surface area contributed by atoms with Gasteiger partial charge in [0.2, 0.25) is 0 Å². The highest BCUT2D eigenvalue weighted by Crippen LogP contribution is 2.42. The first-order valence-corrected chi connectivity index (χ1v) is 8.63. The summed E-state index contributed by atoms with van der Waals surface area (Å²) in [7, 11) is 0. The van der Waals surface area contributed by atoms with Gasteiger partial charge >= 0.3 is 0 Å². The Kier molecular flexibility index (Phi) is 3.83. The van der Waals surface area contributed by atoms with Crippen molar-refractivity contribution < 1.29 is 14.7 Å². The van der Waals surface area contributed by atoms with Crippen molar-refractivity contribution in [3.8, 4) is 0 Å². The predicted octanol–water partition coefficient (Wildman–Crippen LogP) is 4.21. The summed E-state index contributed by atoms with van der Waals surface area (Å²) in [5.74, 6) is -0.902. The molecule has 1 heterocycles. The number of aliphatic hydroxyl groups is 1. The Labute approximate surface area is 155 Å². The molecule has 0 aliphatic carbocycles. The van der Waals surface area contributed by atoms with Crippen molar-refractivity contribution in [2.45, 2.75) is 18.9 Å². The highest BCUT2D eigenvalue weighted by Gasteiger charge is 2.47. The minimum atomic E-state index is -1.90. The number of hydrogen-bond donors (Lipinski definition) is 2. The summed E-state index contributed by atoms with van der Waals surface area (Å²) in [5.41, 5.74) is 0.110. The minimum absolute atomic E-state index is 0.297. The number of fused-ring (bicyclic) bond motifs is 2. The lowest BCUT2D eigenvalue weighted by molar-refractivity contribution is -0.133. The summed E-state index contributed by atoms with van der Waals surface area (Å²) in [6.45, 7) is 1.76. The van der Waals surface area contributed by atoms with Crippen LogP contribution in [0.2, 0.25) is 5.02 Å². The van der Waals surface area contributed by atoms with E-state index in [0.717, 1.165) is 10.8 Å². The monoisotopic (exact) mass is 365 g/mol. The number of carbonyl (C=O) groups is 2. The molecule has 0 aromatic heterocycles. The predicted molar refractivity (Wildman–Crippen MR) is 102 cm³/mol.